The number of anilines is 1. The topological polar surface area (TPSA) is 96.4 Å². The van der Waals surface area contributed by atoms with Crippen molar-refractivity contribution < 1.29 is 14.3 Å². The minimum absolute atomic E-state index is 0.158. The minimum Gasteiger partial charge on any atom is -0.494 e. The van der Waals surface area contributed by atoms with Crippen LogP contribution in [0, 0.1) is 0 Å². The second-order valence-electron chi connectivity index (χ2n) is 4.34. The van der Waals surface area contributed by atoms with Gasteiger partial charge in [-0.2, -0.15) is 0 Å². The highest BCUT2D eigenvalue weighted by atomic mass is 35.5. The number of carbonyl (C=O) groups is 1. The lowest BCUT2D eigenvalue weighted by atomic mass is 10.2. The summed E-state index contributed by atoms with van der Waals surface area (Å²) in [4.78, 5) is 28.0. The number of nitrogens with two attached hydrogens (primary N) is 1. The molecule has 1 heterocycles. The minimum atomic E-state index is -0.896. The summed E-state index contributed by atoms with van der Waals surface area (Å²) < 4.78 is 10.9. The van der Waals surface area contributed by atoms with Gasteiger partial charge in [0.2, 0.25) is 0 Å². The lowest BCUT2D eigenvalue weighted by Gasteiger charge is -2.13. The Morgan fingerprint density at radius 2 is 1.96 bits per heavy atom. The zero-order chi connectivity index (χ0) is 17.1. The number of carbonyl (C=O) groups excluding carboxylic acids is 1. The molecule has 122 valence electrons. The average Bonchev–Trinajstić information content (AvgIpc) is 2.49. The van der Waals surface area contributed by atoms with Crippen molar-refractivity contribution in [1.82, 2.24) is 9.55 Å². The van der Waals surface area contributed by atoms with Gasteiger partial charge in [0.15, 0.2) is 5.56 Å². The van der Waals surface area contributed by atoms with Crippen LogP contribution in [0.5, 0.6) is 5.75 Å². The quantitative estimate of drug-likeness (QED) is 0.843. The maximum Gasteiger partial charge on any atom is 0.347 e. The van der Waals surface area contributed by atoms with E-state index in [9.17, 15) is 9.59 Å². The molecule has 0 saturated carbocycles. The lowest BCUT2D eigenvalue weighted by molar-refractivity contribution is 0.0599. The molecule has 0 spiro atoms. The van der Waals surface area contributed by atoms with Gasteiger partial charge in [0, 0.05) is 12.1 Å². The molecular formula is C14H13Cl2N3O4. The Labute approximate surface area is 141 Å². The van der Waals surface area contributed by atoms with Crippen molar-refractivity contribution in [2.75, 3.05) is 19.5 Å². The number of methoxy groups -OCH3 is 1. The van der Waals surface area contributed by atoms with Crippen molar-refractivity contribution >= 4 is 35.0 Å². The number of esters is 1. The van der Waals surface area contributed by atoms with E-state index in [4.69, 9.17) is 33.7 Å². The van der Waals surface area contributed by atoms with Gasteiger partial charge in [-0.15, -0.1) is 0 Å². The van der Waals surface area contributed by atoms with Crippen LogP contribution in [0.4, 0.5) is 5.82 Å². The summed E-state index contributed by atoms with van der Waals surface area (Å²) in [5.41, 5.74) is 4.61. The second-order valence-corrected chi connectivity index (χ2v) is 5.15. The van der Waals surface area contributed by atoms with Crippen molar-refractivity contribution in [1.29, 1.82) is 0 Å². The molecule has 2 rings (SSSR count). The van der Waals surface area contributed by atoms with Crippen LogP contribution in [0.15, 0.2) is 23.3 Å². The third kappa shape index (κ3) is 3.25. The third-order valence-corrected chi connectivity index (χ3v) is 3.51. The first kappa shape index (κ1) is 17.1. The largest absolute Gasteiger partial charge is 0.494 e. The Morgan fingerprint density at radius 1 is 1.35 bits per heavy atom. The number of benzene rings is 1. The Morgan fingerprint density at radius 3 is 2.48 bits per heavy atom. The van der Waals surface area contributed by atoms with E-state index in [-0.39, 0.29) is 21.6 Å². The van der Waals surface area contributed by atoms with E-state index >= 15 is 0 Å². The van der Waals surface area contributed by atoms with Gasteiger partial charge in [0.25, 0.3) is 5.56 Å². The normalized spacial score (nSPS) is 10.4. The van der Waals surface area contributed by atoms with Crippen LogP contribution in [-0.2, 0) is 4.74 Å². The molecule has 2 aromatic rings. The molecule has 1 aromatic heterocycles. The van der Waals surface area contributed by atoms with Crippen molar-refractivity contribution in [3.63, 3.8) is 0 Å². The van der Waals surface area contributed by atoms with Gasteiger partial charge >= 0.3 is 5.97 Å². The van der Waals surface area contributed by atoms with Gasteiger partial charge in [-0.3, -0.25) is 9.36 Å². The fourth-order valence-corrected chi connectivity index (χ4v) is 2.59. The van der Waals surface area contributed by atoms with E-state index in [1.165, 1.54) is 12.1 Å². The molecule has 7 nitrogen and oxygen atoms in total. The van der Waals surface area contributed by atoms with E-state index in [2.05, 4.69) is 9.72 Å². The highest BCUT2D eigenvalue weighted by Gasteiger charge is 2.21. The summed E-state index contributed by atoms with van der Waals surface area (Å²) in [5, 5.41) is 0.316. The van der Waals surface area contributed by atoms with E-state index in [1.54, 1.807) is 0 Å². The number of nitrogen functional groups attached to an aromatic ring is 1. The number of halogens is 2. The number of hydrogen-bond acceptors (Lipinski definition) is 6. The molecule has 0 saturated heterocycles. The van der Waals surface area contributed by atoms with Crippen molar-refractivity contribution in [2.45, 2.75) is 6.92 Å². The highest BCUT2D eigenvalue weighted by molar-refractivity contribution is 6.38. The third-order valence-electron chi connectivity index (χ3n) is 2.93. The van der Waals surface area contributed by atoms with E-state index in [1.807, 2.05) is 6.92 Å². The predicted molar refractivity (Wildman–Crippen MR) is 86.8 cm³/mol. The molecule has 9 heteroatoms. The molecule has 1 aromatic carbocycles. The van der Waals surface area contributed by atoms with Crippen LogP contribution in [0.2, 0.25) is 10.0 Å². The monoisotopic (exact) mass is 357 g/mol. The summed E-state index contributed by atoms with van der Waals surface area (Å²) in [7, 11) is 1.13. The summed E-state index contributed by atoms with van der Waals surface area (Å²) in [6.45, 7) is 2.24. The van der Waals surface area contributed by atoms with Crippen molar-refractivity contribution in [2.24, 2.45) is 0 Å². The van der Waals surface area contributed by atoms with Gasteiger partial charge in [-0.1, -0.05) is 23.2 Å². The molecule has 0 radical (unpaired) electrons. The Kier molecular flexibility index (Phi) is 5.12. The van der Waals surface area contributed by atoms with Crippen molar-refractivity contribution in [3.05, 3.63) is 44.4 Å². The van der Waals surface area contributed by atoms with Gasteiger partial charge in [-0.05, 0) is 6.92 Å². The standard InChI is InChI=1S/C14H13Cl2N3O4/c1-3-23-7-4-8(15)11(9(16)5-7)19-6-18-12(17)10(13(19)20)14(21)22-2/h4-6H,3,17H2,1-2H3. The summed E-state index contributed by atoms with van der Waals surface area (Å²) in [6.07, 6.45) is 1.14. The SMILES string of the molecule is CCOc1cc(Cl)c(-n2cnc(N)c(C(=O)OC)c2=O)c(Cl)c1. The first-order chi connectivity index (χ1) is 10.9. The highest BCUT2D eigenvalue weighted by Crippen LogP contribution is 2.32. The van der Waals surface area contributed by atoms with Crippen molar-refractivity contribution in [3.8, 4) is 11.4 Å². The number of nitrogens with zero attached hydrogens (tertiary/aromatic N) is 2. The molecular weight excluding hydrogens is 345 g/mol. The lowest BCUT2D eigenvalue weighted by Crippen LogP contribution is -2.28. The summed E-state index contributed by atoms with van der Waals surface area (Å²) >= 11 is 12.4. The zero-order valence-corrected chi connectivity index (χ0v) is 13.8. The number of aromatic nitrogens is 2. The molecule has 0 aliphatic heterocycles. The molecule has 0 aliphatic carbocycles. The molecule has 0 atom stereocenters. The Hall–Kier alpha value is -2.25. The van der Waals surface area contributed by atoms with E-state index in [0.717, 1.165) is 18.0 Å². The maximum atomic E-state index is 12.5. The fourth-order valence-electron chi connectivity index (χ4n) is 1.94. The molecule has 0 amide bonds. The zero-order valence-electron chi connectivity index (χ0n) is 12.3. The first-order valence-electron chi connectivity index (χ1n) is 6.48. The smallest absolute Gasteiger partial charge is 0.347 e. The van der Waals surface area contributed by atoms with Crippen LogP contribution in [0.25, 0.3) is 5.69 Å². The number of rotatable bonds is 4. The van der Waals surface area contributed by atoms with E-state index in [0.29, 0.717) is 12.4 Å². The van der Waals surface area contributed by atoms with Gasteiger partial charge in [-0.25, -0.2) is 9.78 Å². The Balaban J connectivity index is 2.69. The molecule has 0 fully saturated rings. The van der Waals surface area contributed by atoms with E-state index < -0.39 is 17.1 Å². The van der Waals surface area contributed by atoms with Crippen LogP contribution in [0.3, 0.4) is 0 Å². The predicted octanol–water partition coefficient (Wildman–Crippen LogP) is 2.31. The van der Waals surface area contributed by atoms with Gasteiger partial charge < -0.3 is 15.2 Å². The summed E-state index contributed by atoms with van der Waals surface area (Å²) in [5.74, 6) is -0.681. The second kappa shape index (κ2) is 6.89. The number of ether oxygens (including phenoxy) is 2. The molecule has 0 unspecified atom stereocenters. The van der Waals surface area contributed by atoms with Crippen LogP contribution in [0.1, 0.15) is 17.3 Å². The molecule has 2 N–H and O–H groups in total. The van der Waals surface area contributed by atoms with Gasteiger partial charge in [0.05, 0.1) is 29.4 Å². The summed E-state index contributed by atoms with van der Waals surface area (Å²) in [6, 6.07) is 3.01. The molecule has 0 bridgehead atoms. The first-order valence-corrected chi connectivity index (χ1v) is 7.24. The molecule has 0 aliphatic rings. The van der Waals surface area contributed by atoms with Crippen LogP contribution < -0.4 is 16.0 Å². The number of hydrogen-bond donors (Lipinski definition) is 1. The Bertz CT molecular complexity index is 797. The van der Waals surface area contributed by atoms with Crippen LogP contribution >= 0.6 is 23.2 Å². The van der Waals surface area contributed by atoms with Gasteiger partial charge in [0.1, 0.15) is 17.9 Å². The maximum absolute atomic E-state index is 12.5. The fraction of sp³-hybridized carbons (Fsp3) is 0.214. The average molecular weight is 358 g/mol. The van der Waals surface area contributed by atoms with Crippen LogP contribution in [-0.4, -0.2) is 29.2 Å². The molecule has 23 heavy (non-hydrogen) atoms.